The Kier molecular flexibility index (Phi) is 6.26. The van der Waals surface area contributed by atoms with Gasteiger partial charge in [0.15, 0.2) is 5.13 Å². The summed E-state index contributed by atoms with van der Waals surface area (Å²) >= 11 is 1.83. The second-order valence-electron chi connectivity index (χ2n) is 5.47. The zero-order valence-corrected chi connectivity index (χ0v) is 13.8. The van der Waals surface area contributed by atoms with Gasteiger partial charge in [-0.15, -0.1) is 11.3 Å². The number of thiazole rings is 1. The molecule has 2 rings (SSSR count). The molecule has 0 amide bonds. The van der Waals surface area contributed by atoms with E-state index in [2.05, 4.69) is 24.1 Å². The molecule has 20 heavy (non-hydrogen) atoms. The SMILES string of the molecule is CCCN(CC1CC1)c1nc(COC)c(CNCC)s1. The van der Waals surface area contributed by atoms with Crippen molar-refractivity contribution in [3.8, 4) is 0 Å². The van der Waals surface area contributed by atoms with Gasteiger partial charge in [0, 0.05) is 31.6 Å². The minimum Gasteiger partial charge on any atom is -0.378 e. The number of nitrogens with zero attached hydrogens (tertiary/aromatic N) is 2. The summed E-state index contributed by atoms with van der Waals surface area (Å²) in [6.07, 6.45) is 3.95. The molecular formula is C15H27N3OS. The molecule has 0 radical (unpaired) electrons. The summed E-state index contributed by atoms with van der Waals surface area (Å²) < 4.78 is 5.29. The number of anilines is 1. The average Bonchev–Trinajstić information content (AvgIpc) is 3.17. The number of nitrogens with one attached hydrogen (secondary N) is 1. The molecule has 0 unspecified atom stereocenters. The lowest BCUT2D eigenvalue weighted by atomic mass is 10.3. The van der Waals surface area contributed by atoms with Crippen LogP contribution in [0.5, 0.6) is 0 Å². The van der Waals surface area contributed by atoms with Crippen LogP contribution in [0.25, 0.3) is 0 Å². The molecule has 1 aromatic heterocycles. The third-order valence-electron chi connectivity index (χ3n) is 3.52. The van der Waals surface area contributed by atoms with Crippen LogP contribution in [0.15, 0.2) is 0 Å². The second-order valence-corrected chi connectivity index (χ2v) is 6.53. The fraction of sp³-hybridized carbons (Fsp3) is 0.800. The quantitative estimate of drug-likeness (QED) is 0.720. The number of hydrogen-bond donors (Lipinski definition) is 1. The summed E-state index contributed by atoms with van der Waals surface area (Å²) in [7, 11) is 1.74. The van der Waals surface area contributed by atoms with Crippen molar-refractivity contribution < 1.29 is 4.74 Å². The molecule has 1 fully saturated rings. The van der Waals surface area contributed by atoms with Crippen molar-refractivity contribution in [3.05, 3.63) is 10.6 Å². The van der Waals surface area contributed by atoms with Crippen molar-refractivity contribution in [1.82, 2.24) is 10.3 Å². The summed E-state index contributed by atoms with van der Waals surface area (Å²) in [6.45, 7) is 9.15. The lowest BCUT2D eigenvalue weighted by Gasteiger charge is -2.20. The topological polar surface area (TPSA) is 37.4 Å². The molecule has 1 saturated carbocycles. The number of methoxy groups -OCH3 is 1. The van der Waals surface area contributed by atoms with E-state index in [4.69, 9.17) is 9.72 Å². The number of rotatable bonds is 10. The zero-order chi connectivity index (χ0) is 14.4. The van der Waals surface area contributed by atoms with Crippen LogP contribution in [0.2, 0.25) is 0 Å². The Hall–Kier alpha value is -0.650. The molecule has 1 aliphatic carbocycles. The largest absolute Gasteiger partial charge is 0.378 e. The van der Waals surface area contributed by atoms with Gasteiger partial charge in [-0.1, -0.05) is 13.8 Å². The average molecular weight is 297 g/mol. The Balaban J connectivity index is 2.10. The lowest BCUT2D eigenvalue weighted by Crippen LogP contribution is -2.26. The van der Waals surface area contributed by atoms with Gasteiger partial charge in [-0.2, -0.15) is 0 Å². The molecule has 4 nitrogen and oxygen atoms in total. The molecule has 0 spiro atoms. The van der Waals surface area contributed by atoms with Gasteiger partial charge in [0.2, 0.25) is 0 Å². The van der Waals surface area contributed by atoms with Crippen LogP contribution in [0, 0.1) is 5.92 Å². The van der Waals surface area contributed by atoms with Gasteiger partial charge in [-0.05, 0) is 31.7 Å². The fourth-order valence-electron chi connectivity index (χ4n) is 2.28. The second kappa shape index (κ2) is 7.96. The first kappa shape index (κ1) is 15.7. The molecule has 0 aliphatic heterocycles. The van der Waals surface area contributed by atoms with Crippen molar-refractivity contribution >= 4 is 16.5 Å². The molecule has 1 heterocycles. The summed E-state index contributed by atoms with van der Waals surface area (Å²) in [4.78, 5) is 8.62. The normalized spacial score (nSPS) is 14.8. The lowest BCUT2D eigenvalue weighted by molar-refractivity contribution is 0.181. The standard InChI is InChI=1S/C15H27N3OS/c1-4-8-18(10-12-6-7-12)15-17-13(11-19-3)14(20-15)9-16-5-2/h12,16H,4-11H2,1-3H3. The Labute approximate surface area is 126 Å². The fourth-order valence-corrected chi connectivity index (χ4v) is 3.35. The minimum atomic E-state index is 0.612. The molecule has 114 valence electrons. The molecule has 5 heteroatoms. The third-order valence-corrected chi connectivity index (χ3v) is 4.68. The van der Waals surface area contributed by atoms with E-state index in [1.165, 1.54) is 35.8 Å². The van der Waals surface area contributed by atoms with E-state index in [1.54, 1.807) is 7.11 Å². The van der Waals surface area contributed by atoms with Crippen LogP contribution in [0.4, 0.5) is 5.13 Å². The minimum absolute atomic E-state index is 0.612. The predicted molar refractivity (Wildman–Crippen MR) is 85.4 cm³/mol. The molecule has 0 saturated heterocycles. The van der Waals surface area contributed by atoms with Gasteiger partial charge in [0.1, 0.15) is 0 Å². The molecule has 0 aromatic carbocycles. The zero-order valence-electron chi connectivity index (χ0n) is 12.9. The molecule has 0 atom stereocenters. The van der Waals surface area contributed by atoms with Crippen molar-refractivity contribution in [2.75, 3.05) is 31.6 Å². The number of hydrogen-bond acceptors (Lipinski definition) is 5. The first-order valence-corrected chi connectivity index (χ1v) is 8.53. The maximum Gasteiger partial charge on any atom is 0.185 e. The van der Waals surface area contributed by atoms with E-state index in [1.807, 2.05) is 11.3 Å². The monoisotopic (exact) mass is 297 g/mol. The van der Waals surface area contributed by atoms with Crippen molar-refractivity contribution in [3.63, 3.8) is 0 Å². The van der Waals surface area contributed by atoms with Crippen molar-refractivity contribution in [1.29, 1.82) is 0 Å². The van der Waals surface area contributed by atoms with Crippen LogP contribution < -0.4 is 10.2 Å². The molecule has 1 aliphatic rings. The summed E-state index contributed by atoms with van der Waals surface area (Å²) in [5, 5.41) is 4.58. The predicted octanol–water partition coefficient (Wildman–Crippen LogP) is 3.03. The van der Waals surface area contributed by atoms with Crippen LogP contribution in [-0.4, -0.2) is 31.7 Å². The van der Waals surface area contributed by atoms with E-state index in [0.29, 0.717) is 6.61 Å². The van der Waals surface area contributed by atoms with Gasteiger partial charge in [0.05, 0.1) is 12.3 Å². The molecular weight excluding hydrogens is 270 g/mol. The first-order valence-electron chi connectivity index (χ1n) is 7.71. The van der Waals surface area contributed by atoms with Gasteiger partial charge < -0.3 is 15.0 Å². The maximum absolute atomic E-state index is 5.29. The van der Waals surface area contributed by atoms with E-state index in [-0.39, 0.29) is 0 Å². The van der Waals surface area contributed by atoms with E-state index < -0.39 is 0 Å². The molecule has 0 bridgehead atoms. The highest BCUT2D eigenvalue weighted by Gasteiger charge is 2.26. The Morgan fingerprint density at radius 1 is 1.40 bits per heavy atom. The highest BCUT2D eigenvalue weighted by molar-refractivity contribution is 7.15. The highest BCUT2D eigenvalue weighted by Crippen LogP contribution is 2.34. The van der Waals surface area contributed by atoms with Crippen LogP contribution in [0.1, 0.15) is 43.7 Å². The summed E-state index contributed by atoms with van der Waals surface area (Å²) in [5.74, 6) is 0.897. The maximum atomic E-state index is 5.29. The van der Waals surface area contributed by atoms with Gasteiger partial charge in [-0.25, -0.2) is 4.98 Å². The first-order chi connectivity index (χ1) is 9.78. The molecule has 1 N–H and O–H groups in total. The van der Waals surface area contributed by atoms with E-state index in [0.717, 1.165) is 31.2 Å². The van der Waals surface area contributed by atoms with Crippen LogP contribution in [-0.2, 0) is 17.9 Å². The van der Waals surface area contributed by atoms with Crippen LogP contribution in [0.3, 0.4) is 0 Å². The molecule has 1 aromatic rings. The Morgan fingerprint density at radius 2 is 2.20 bits per heavy atom. The number of aromatic nitrogens is 1. The Bertz CT molecular complexity index is 404. The number of ether oxygens (including phenoxy) is 1. The summed E-state index contributed by atoms with van der Waals surface area (Å²) in [5.41, 5.74) is 1.10. The third kappa shape index (κ3) is 4.43. The Morgan fingerprint density at radius 3 is 2.80 bits per heavy atom. The van der Waals surface area contributed by atoms with Crippen molar-refractivity contribution in [2.45, 2.75) is 46.3 Å². The van der Waals surface area contributed by atoms with Crippen molar-refractivity contribution in [2.24, 2.45) is 5.92 Å². The van der Waals surface area contributed by atoms with Gasteiger partial charge >= 0.3 is 0 Å². The summed E-state index contributed by atoms with van der Waals surface area (Å²) in [6, 6.07) is 0. The smallest absolute Gasteiger partial charge is 0.185 e. The van der Waals surface area contributed by atoms with Crippen LogP contribution >= 0.6 is 11.3 Å². The van der Waals surface area contributed by atoms with E-state index >= 15 is 0 Å². The van der Waals surface area contributed by atoms with E-state index in [9.17, 15) is 0 Å². The highest BCUT2D eigenvalue weighted by atomic mass is 32.1. The van der Waals surface area contributed by atoms with Gasteiger partial charge in [-0.3, -0.25) is 0 Å². The van der Waals surface area contributed by atoms with Gasteiger partial charge in [0.25, 0.3) is 0 Å².